The molecule has 0 radical (unpaired) electrons. The highest BCUT2D eigenvalue weighted by Crippen LogP contribution is 2.33. The molecule has 0 saturated heterocycles. The van der Waals surface area contributed by atoms with Gasteiger partial charge >= 0.3 is 0 Å². The van der Waals surface area contributed by atoms with Crippen LogP contribution >= 0.6 is 25.0 Å². The summed E-state index contributed by atoms with van der Waals surface area (Å²) in [4.78, 5) is 29.2. The van der Waals surface area contributed by atoms with Crippen LogP contribution in [0.5, 0.6) is 5.75 Å². The minimum Gasteiger partial charge on any atom is -0.364 e. The van der Waals surface area contributed by atoms with Crippen LogP contribution in [-0.4, -0.2) is 25.1 Å². The van der Waals surface area contributed by atoms with E-state index in [1.807, 2.05) is 18.2 Å². The normalized spacial score (nSPS) is 15.6. The van der Waals surface area contributed by atoms with E-state index in [2.05, 4.69) is 9.02 Å². The molecule has 10 heteroatoms. The van der Waals surface area contributed by atoms with Crippen molar-refractivity contribution in [1.29, 1.82) is 0 Å². The second-order valence-corrected chi connectivity index (χ2v) is 7.80. The van der Waals surface area contributed by atoms with Gasteiger partial charge in [0.1, 0.15) is 0 Å². The number of carbonyl (C=O) groups excluding carboxylic acids is 2. The van der Waals surface area contributed by atoms with E-state index in [1.54, 1.807) is 12.1 Å². The molecule has 0 fully saturated rings. The van der Waals surface area contributed by atoms with Crippen molar-refractivity contribution in [2.24, 2.45) is 0 Å². The summed E-state index contributed by atoms with van der Waals surface area (Å²) in [5, 5.41) is 0. The molecule has 0 spiro atoms. The summed E-state index contributed by atoms with van der Waals surface area (Å²) < 4.78 is 9.90. The van der Waals surface area contributed by atoms with Crippen LogP contribution in [0, 0.1) is 0 Å². The molecule has 0 bridgehead atoms. The van der Waals surface area contributed by atoms with Gasteiger partial charge in [0.05, 0.1) is 0 Å². The van der Waals surface area contributed by atoms with E-state index in [4.69, 9.17) is 4.84 Å². The third kappa shape index (κ3) is 2.56. The van der Waals surface area contributed by atoms with E-state index >= 15 is 0 Å². The molecular formula is C10H9N4O3P3. The maximum atomic E-state index is 11.8. The maximum absolute atomic E-state index is 11.8. The Bertz CT molecular complexity index is 692. The number of hydrogen-bond donors (Lipinski definition) is 1. The van der Waals surface area contributed by atoms with Crippen molar-refractivity contribution in [2.45, 2.75) is 0 Å². The zero-order valence-corrected chi connectivity index (χ0v) is 12.8. The number of aromatic amines is 1. The first kappa shape index (κ1) is 13.2. The molecule has 1 aliphatic heterocycles. The van der Waals surface area contributed by atoms with Gasteiger partial charge in [-0.25, -0.2) is 0 Å². The zero-order chi connectivity index (χ0) is 13.9. The van der Waals surface area contributed by atoms with E-state index in [0.29, 0.717) is 14.3 Å². The monoisotopic (exact) mass is 326 g/mol. The summed E-state index contributed by atoms with van der Waals surface area (Å²) in [6, 6.07) is 9.17. The third-order valence-corrected chi connectivity index (χ3v) is 6.51. The van der Waals surface area contributed by atoms with Crippen LogP contribution in [-0.2, 0) is 9.59 Å². The summed E-state index contributed by atoms with van der Waals surface area (Å²) in [6.07, 6.45) is 2.53. The van der Waals surface area contributed by atoms with E-state index < -0.39 is 8.00 Å². The van der Waals surface area contributed by atoms with Gasteiger partial charge in [0.15, 0.2) is 22.3 Å². The predicted molar refractivity (Wildman–Crippen MR) is 78.8 cm³/mol. The number of nitrogens with one attached hydrogen (secondary N) is 1. The lowest BCUT2D eigenvalue weighted by molar-refractivity contribution is -0.119. The lowest BCUT2D eigenvalue weighted by Gasteiger charge is -2.18. The lowest BCUT2D eigenvalue weighted by atomic mass is 10.3. The van der Waals surface area contributed by atoms with Gasteiger partial charge in [-0.1, -0.05) is 22.5 Å². The average Bonchev–Trinajstić information content (AvgIpc) is 2.80. The van der Waals surface area contributed by atoms with Crippen molar-refractivity contribution in [3.8, 4) is 5.75 Å². The highest BCUT2D eigenvalue weighted by Gasteiger charge is 2.28. The van der Waals surface area contributed by atoms with Crippen molar-refractivity contribution < 1.29 is 14.4 Å². The van der Waals surface area contributed by atoms with Gasteiger partial charge in [0.25, 0.3) is 11.8 Å². The fraction of sp³-hybridized carbons (Fsp3) is 0. The lowest BCUT2D eigenvalue weighted by Crippen LogP contribution is -2.29. The molecule has 2 atom stereocenters. The quantitative estimate of drug-likeness (QED) is 0.878. The SMILES string of the molecule is O=C1C=CC(=O)N1p1[nH][pH]npn1Oc1ccccc1. The van der Waals surface area contributed by atoms with Gasteiger partial charge in [-0.2, -0.15) is 9.18 Å². The van der Waals surface area contributed by atoms with E-state index in [1.165, 1.54) is 21.1 Å². The minimum atomic E-state index is -1.40. The third-order valence-electron chi connectivity index (χ3n) is 2.39. The number of imide groups is 1. The number of hydrogen-bond acceptors (Lipinski definition) is 4. The highest BCUT2D eigenvalue weighted by atomic mass is 31.2. The van der Waals surface area contributed by atoms with Crippen molar-refractivity contribution in [1.82, 2.24) is 13.3 Å². The predicted octanol–water partition coefficient (Wildman–Crippen LogP) is 2.34. The van der Waals surface area contributed by atoms with Crippen molar-refractivity contribution in [3.63, 3.8) is 0 Å². The topological polar surface area (TPSA) is 80.2 Å². The van der Waals surface area contributed by atoms with E-state index in [-0.39, 0.29) is 20.3 Å². The van der Waals surface area contributed by atoms with Gasteiger partial charge in [-0.15, -0.1) is 0 Å². The molecular weight excluding hydrogens is 317 g/mol. The molecule has 0 saturated carbocycles. The molecule has 2 aromatic rings. The Balaban J connectivity index is 1.97. The molecule has 3 rings (SSSR count). The molecule has 1 aromatic carbocycles. The van der Waals surface area contributed by atoms with Gasteiger partial charge in [-0.05, 0) is 12.1 Å². The van der Waals surface area contributed by atoms with Crippen molar-refractivity contribution in [2.75, 3.05) is 4.67 Å². The highest BCUT2D eigenvalue weighted by molar-refractivity contribution is 7.56. The fourth-order valence-corrected chi connectivity index (χ4v) is 5.98. The van der Waals surface area contributed by atoms with Crippen LogP contribution in [0.25, 0.3) is 0 Å². The Morgan fingerprint density at radius 3 is 2.60 bits per heavy atom. The molecule has 1 aromatic heterocycles. The van der Waals surface area contributed by atoms with Crippen LogP contribution in [0.1, 0.15) is 0 Å². The number of para-hydroxylation sites is 1. The second-order valence-electron chi connectivity index (χ2n) is 3.68. The van der Waals surface area contributed by atoms with Crippen LogP contribution < -0.4 is 9.51 Å². The summed E-state index contributed by atoms with van der Waals surface area (Å²) in [5.41, 5.74) is 0. The first-order valence-corrected chi connectivity index (χ1v) is 8.56. The van der Waals surface area contributed by atoms with Crippen molar-refractivity contribution in [3.05, 3.63) is 42.5 Å². The first-order chi connectivity index (χ1) is 9.75. The molecule has 0 aliphatic carbocycles. The molecule has 102 valence electrons. The summed E-state index contributed by atoms with van der Waals surface area (Å²) in [7, 11) is -0.697. The van der Waals surface area contributed by atoms with Gasteiger partial charge in [0.2, 0.25) is 0 Å². The number of H-pyrrole nitrogens is 1. The van der Waals surface area contributed by atoms with Crippen molar-refractivity contribution >= 4 is 36.8 Å². The average molecular weight is 326 g/mol. The van der Waals surface area contributed by atoms with Gasteiger partial charge in [-0.3, -0.25) is 14.1 Å². The Hall–Kier alpha value is -1.80. The van der Waals surface area contributed by atoms with Crippen LogP contribution in [0.3, 0.4) is 0 Å². The number of amides is 2. The van der Waals surface area contributed by atoms with E-state index in [0.717, 1.165) is 0 Å². The van der Waals surface area contributed by atoms with E-state index in [9.17, 15) is 9.59 Å². The Morgan fingerprint density at radius 2 is 1.90 bits per heavy atom. The number of carbonyl (C=O) groups is 2. The summed E-state index contributed by atoms with van der Waals surface area (Å²) in [5.74, 6) is -0.0452. The largest absolute Gasteiger partial charge is 0.364 e. The Labute approximate surface area is 118 Å². The molecule has 7 nitrogen and oxygen atoms in total. The minimum absolute atomic E-state index is 0.131. The van der Waals surface area contributed by atoms with Crippen LogP contribution in [0.2, 0.25) is 0 Å². The molecule has 20 heavy (non-hydrogen) atoms. The molecule has 1 N–H and O–H groups in total. The Kier molecular flexibility index (Phi) is 3.75. The maximum Gasteiger partial charge on any atom is 0.263 e. The fourth-order valence-electron chi connectivity index (χ4n) is 1.55. The number of aromatic nitrogens is 3. The number of nitrogens with zero attached hydrogens (tertiary/aromatic N) is 3. The number of rotatable bonds is 3. The molecule has 1 aliphatic rings. The van der Waals surface area contributed by atoms with Gasteiger partial charge < -0.3 is 4.84 Å². The first-order valence-electron chi connectivity index (χ1n) is 5.56. The smallest absolute Gasteiger partial charge is 0.263 e. The summed E-state index contributed by atoms with van der Waals surface area (Å²) >= 11 is 0. The summed E-state index contributed by atoms with van der Waals surface area (Å²) in [6.45, 7) is 0. The van der Waals surface area contributed by atoms with Gasteiger partial charge in [0, 0.05) is 20.7 Å². The zero-order valence-electron chi connectivity index (χ0n) is 10.0. The Morgan fingerprint density at radius 1 is 1.20 bits per heavy atom. The second kappa shape index (κ2) is 5.68. The standard InChI is InChI=1S/C10H9N4O3P3/c15-9-6-7-10(16)13(9)20-12-18-11-19-14(20)17-8-4-2-1-3-5-8/h1-7,12,18H. The number of benzene rings is 1. The van der Waals surface area contributed by atoms with Crippen LogP contribution in [0.15, 0.2) is 42.5 Å². The molecule has 2 amide bonds. The molecule has 2 unspecified atom stereocenters. The van der Waals surface area contributed by atoms with Crippen LogP contribution in [0.4, 0.5) is 0 Å². The molecule has 2 heterocycles.